The molecule has 1 aromatic heterocycles. The number of furan rings is 1. The maximum atomic E-state index is 12.7. The summed E-state index contributed by atoms with van der Waals surface area (Å²) in [6.07, 6.45) is 1.31. The topological polar surface area (TPSA) is 145 Å². The van der Waals surface area contributed by atoms with E-state index in [4.69, 9.17) is 13.9 Å². The van der Waals surface area contributed by atoms with Crippen molar-refractivity contribution in [1.82, 2.24) is 10.7 Å². The van der Waals surface area contributed by atoms with Crippen LogP contribution in [0, 0.1) is 23.0 Å². The number of amides is 2. The van der Waals surface area contributed by atoms with E-state index in [-0.39, 0.29) is 18.4 Å². The van der Waals surface area contributed by atoms with E-state index in [0.717, 1.165) is 0 Å². The van der Waals surface area contributed by atoms with Crippen molar-refractivity contribution in [2.75, 3.05) is 6.79 Å². The Balaban J connectivity index is 1.40. The monoisotopic (exact) mass is 492 g/mol. The molecule has 0 bridgehead atoms. The van der Waals surface area contributed by atoms with Crippen LogP contribution < -0.4 is 20.2 Å². The first-order valence-corrected chi connectivity index (χ1v) is 11.1. The van der Waals surface area contributed by atoms with Crippen LogP contribution in [0.3, 0.4) is 0 Å². The van der Waals surface area contributed by atoms with Gasteiger partial charge in [0.15, 0.2) is 11.5 Å². The summed E-state index contributed by atoms with van der Waals surface area (Å²) in [5, 5.41) is 17.8. The lowest BCUT2D eigenvalue weighted by atomic mass is 10.0. The molecule has 3 aromatic rings. The Morgan fingerprint density at radius 1 is 1.11 bits per heavy atom. The van der Waals surface area contributed by atoms with E-state index in [0.29, 0.717) is 39.7 Å². The van der Waals surface area contributed by atoms with Crippen molar-refractivity contribution in [3.05, 3.63) is 75.5 Å². The molecular weight excluding hydrogens is 468 g/mol. The molecule has 0 unspecified atom stereocenters. The number of ether oxygens (including phenoxy) is 2. The Kier molecular flexibility index (Phi) is 7.00. The molecule has 0 spiro atoms. The van der Waals surface area contributed by atoms with Crippen molar-refractivity contribution in [3.8, 4) is 22.8 Å². The van der Waals surface area contributed by atoms with Gasteiger partial charge in [-0.25, -0.2) is 5.43 Å². The number of nitro groups is 1. The largest absolute Gasteiger partial charge is 0.455 e. The molecule has 11 heteroatoms. The maximum absolute atomic E-state index is 12.7. The summed E-state index contributed by atoms with van der Waals surface area (Å²) in [7, 11) is 0. The number of hydrazone groups is 1. The first kappa shape index (κ1) is 24.5. The molecule has 0 aliphatic carbocycles. The Hall–Kier alpha value is -4.67. The Bertz CT molecular complexity index is 1350. The van der Waals surface area contributed by atoms with Gasteiger partial charge in [0.1, 0.15) is 17.6 Å². The highest BCUT2D eigenvalue weighted by molar-refractivity contribution is 5.98. The van der Waals surface area contributed by atoms with Crippen LogP contribution in [0.5, 0.6) is 11.5 Å². The lowest BCUT2D eigenvalue weighted by molar-refractivity contribution is -0.385. The lowest BCUT2D eigenvalue weighted by Gasteiger charge is -2.20. The van der Waals surface area contributed by atoms with Gasteiger partial charge in [-0.2, -0.15) is 5.10 Å². The fourth-order valence-electron chi connectivity index (χ4n) is 3.68. The van der Waals surface area contributed by atoms with Gasteiger partial charge >= 0.3 is 0 Å². The summed E-state index contributed by atoms with van der Waals surface area (Å²) >= 11 is 0. The van der Waals surface area contributed by atoms with Crippen LogP contribution in [0.15, 0.2) is 58.0 Å². The Labute approximate surface area is 206 Å². The Morgan fingerprint density at radius 2 is 1.89 bits per heavy atom. The molecule has 186 valence electrons. The molecule has 11 nitrogen and oxygen atoms in total. The fraction of sp³-hybridized carbons (Fsp3) is 0.240. The van der Waals surface area contributed by atoms with Crippen molar-refractivity contribution < 1.29 is 28.4 Å². The van der Waals surface area contributed by atoms with Gasteiger partial charge < -0.3 is 19.2 Å². The first-order chi connectivity index (χ1) is 17.2. The van der Waals surface area contributed by atoms with Crippen LogP contribution in [0.2, 0.25) is 0 Å². The molecule has 0 fully saturated rings. The predicted molar refractivity (Wildman–Crippen MR) is 130 cm³/mol. The number of rotatable bonds is 8. The zero-order valence-corrected chi connectivity index (χ0v) is 19.8. The van der Waals surface area contributed by atoms with Crippen LogP contribution in [-0.2, 0) is 4.79 Å². The van der Waals surface area contributed by atoms with Crippen molar-refractivity contribution in [2.45, 2.75) is 26.8 Å². The third kappa shape index (κ3) is 5.19. The van der Waals surface area contributed by atoms with Crippen LogP contribution in [-0.4, -0.2) is 35.8 Å². The van der Waals surface area contributed by atoms with Gasteiger partial charge in [-0.3, -0.25) is 19.7 Å². The van der Waals surface area contributed by atoms with Crippen molar-refractivity contribution in [2.24, 2.45) is 11.0 Å². The van der Waals surface area contributed by atoms with Gasteiger partial charge in [0.25, 0.3) is 17.5 Å². The number of hydrogen-bond acceptors (Lipinski definition) is 8. The zero-order valence-electron chi connectivity index (χ0n) is 19.8. The fourth-order valence-corrected chi connectivity index (χ4v) is 3.68. The molecule has 2 aromatic carbocycles. The van der Waals surface area contributed by atoms with E-state index in [9.17, 15) is 19.7 Å². The van der Waals surface area contributed by atoms with E-state index >= 15 is 0 Å². The molecule has 0 saturated carbocycles. The van der Waals surface area contributed by atoms with E-state index in [1.54, 1.807) is 63.2 Å². The number of nitrogens with zero attached hydrogens (tertiary/aromatic N) is 2. The number of hydrogen-bond donors (Lipinski definition) is 2. The summed E-state index contributed by atoms with van der Waals surface area (Å²) in [6, 6.07) is 12.0. The SMILES string of the molecule is Cc1c(-c2ccc(/C=N\NC(=O)[C@H](NC(=O)c3ccc4c(c3)OCO4)C(C)C)o2)cccc1[N+](=O)[O-]. The second-order valence-electron chi connectivity index (χ2n) is 8.41. The molecule has 1 aliphatic heterocycles. The van der Waals surface area contributed by atoms with E-state index in [2.05, 4.69) is 15.8 Å². The molecule has 0 saturated heterocycles. The molecule has 36 heavy (non-hydrogen) atoms. The van der Waals surface area contributed by atoms with E-state index in [1.807, 2.05) is 0 Å². The number of nitrogens with one attached hydrogen (secondary N) is 2. The molecule has 1 atom stereocenters. The predicted octanol–water partition coefficient (Wildman–Crippen LogP) is 3.80. The number of nitro benzene ring substituents is 1. The zero-order chi connectivity index (χ0) is 25.8. The van der Waals surface area contributed by atoms with Gasteiger partial charge in [-0.15, -0.1) is 0 Å². The summed E-state index contributed by atoms with van der Waals surface area (Å²) < 4.78 is 16.3. The minimum absolute atomic E-state index is 0.00565. The highest BCUT2D eigenvalue weighted by Crippen LogP contribution is 2.33. The molecule has 2 heterocycles. The van der Waals surface area contributed by atoms with Crippen LogP contribution >= 0.6 is 0 Å². The van der Waals surface area contributed by atoms with Gasteiger partial charge in [0, 0.05) is 22.8 Å². The highest BCUT2D eigenvalue weighted by Gasteiger charge is 2.25. The minimum Gasteiger partial charge on any atom is -0.455 e. The van der Waals surface area contributed by atoms with Crippen LogP contribution in [0.1, 0.15) is 35.5 Å². The van der Waals surface area contributed by atoms with Crippen LogP contribution in [0.4, 0.5) is 5.69 Å². The Morgan fingerprint density at radius 3 is 2.64 bits per heavy atom. The average Bonchev–Trinajstić information content (AvgIpc) is 3.51. The molecule has 1 aliphatic rings. The molecule has 2 N–H and O–H groups in total. The van der Waals surface area contributed by atoms with Gasteiger partial charge in [-0.05, 0) is 43.2 Å². The molecule has 0 radical (unpaired) electrons. The maximum Gasteiger partial charge on any atom is 0.273 e. The van der Waals surface area contributed by atoms with Gasteiger partial charge in [-0.1, -0.05) is 26.0 Å². The normalized spacial score (nSPS) is 13.1. The molecular formula is C25H24N4O7. The standard InChI is InChI=1S/C25H24N4O7/c1-14(2)23(27-24(30)16-7-9-21-22(11-16)35-13-34-21)25(31)28-26-12-17-8-10-20(36-17)18-5-4-6-19(15(18)3)29(32)33/h4-12,14,23H,13H2,1-3H3,(H,27,30)(H,28,31)/b26-12-/t23-/m1/s1. The summed E-state index contributed by atoms with van der Waals surface area (Å²) in [6.45, 7) is 5.34. The third-order valence-electron chi connectivity index (χ3n) is 5.63. The number of benzene rings is 2. The summed E-state index contributed by atoms with van der Waals surface area (Å²) in [4.78, 5) is 36.2. The van der Waals surface area contributed by atoms with Crippen LogP contribution in [0.25, 0.3) is 11.3 Å². The van der Waals surface area contributed by atoms with Crippen molar-refractivity contribution in [1.29, 1.82) is 0 Å². The number of carbonyl (C=O) groups is 2. The molecule has 4 rings (SSSR count). The average molecular weight is 492 g/mol. The summed E-state index contributed by atoms with van der Waals surface area (Å²) in [5.74, 6) is 0.634. The van der Waals surface area contributed by atoms with E-state index < -0.39 is 22.8 Å². The third-order valence-corrected chi connectivity index (χ3v) is 5.63. The highest BCUT2D eigenvalue weighted by atomic mass is 16.7. The summed E-state index contributed by atoms with van der Waals surface area (Å²) in [5.41, 5.74) is 3.81. The number of carbonyl (C=O) groups excluding carboxylic acids is 2. The van der Waals surface area contributed by atoms with E-state index in [1.165, 1.54) is 12.3 Å². The quantitative estimate of drug-likeness (QED) is 0.276. The smallest absolute Gasteiger partial charge is 0.273 e. The second kappa shape index (κ2) is 10.3. The lowest BCUT2D eigenvalue weighted by Crippen LogP contribution is -2.48. The van der Waals surface area contributed by atoms with Gasteiger partial charge in [0.05, 0.1) is 11.1 Å². The van der Waals surface area contributed by atoms with Crippen molar-refractivity contribution >= 4 is 23.7 Å². The molecule has 2 amide bonds. The number of fused-ring (bicyclic) bond motifs is 1. The van der Waals surface area contributed by atoms with Crippen molar-refractivity contribution in [3.63, 3.8) is 0 Å². The second-order valence-corrected chi connectivity index (χ2v) is 8.41. The minimum atomic E-state index is -0.847. The van der Waals surface area contributed by atoms with Gasteiger partial charge in [0.2, 0.25) is 6.79 Å². The first-order valence-electron chi connectivity index (χ1n) is 11.1.